The van der Waals surface area contributed by atoms with Crippen molar-refractivity contribution in [2.45, 2.75) is 25.8 Å². The van der Waals surface area contributed by atoms with Crippen LogP contribution in [0.3, 0.4) is 0 Å². The number of hydrogen-bond acceptors (Lipinski definition) is 2. The second kappa shape index (κ2) is 9.95. The minimum Gasteiger partial charge on any atom is -0.349 e. The maximum atomic E-state index is 12.6. The zero-order chi connectivity index (χ0) is 20.8. The second-order valence-corrected chi connectivity index (χ2v) is 8.06. The first-order chi connectivity index (χ1) is 13.9. The molecule has 1 saturated heterocycles. The first-order valence-corrected chi connectivity index (χ1v) is 10.5. The van der Waals surface area contributed by atoms with Crippen LogP contribution in [-0.2, 0) is 9.59 Å². The summed E-state index contributed by atoms with van der Waals surface area (Å²) in [4.78, 5) is 26.8. The minimum atomic E-state index is -0.161. The largest absolute Gasteiger partial charge is 0.349 e. The van der Waals surface area contributed by atoms with E-state index in [1.165, 1.54) is 0 Å². The maximum absolute atomic E-state index is 12.6. The maximum Gasteiger partial charge on any atom is 0.246 e. The van der Waals surface area contributed by atoms with Crippen LogP contribution in [0.25, 0.3) is 6.08 Å². The van der Waals surface area contributed by atoms with Crippen molar-refractivity contribution in [1.82, 2.24) is 10.2 Å². The molecule has 3 rings (SSSR count). The predicted molar refractivity (Wildman–Crippen MR) is 118 cm³/mol. The molecule has 1 aliphatic rings. The Bertz CT molecular complexity index is 891. The van der Waals surface area contributed by atoms with Crippen LogP contribution in [0.4, 0.5) is 0 Å². The van der Waals surface area contributed by atoms with Gasteiger partial charge in [-0.25, -0.2) is 0 Å². The molecular formula is C23H24Cl2N2O2. The molecule has 4 nitrogen and oxygen atoms in total. The van der Waals surface area contributed by atoms with Crippen molar-refractivity contribution < 1.29 is 9.59 Å². The number of carbonyl (C=O) groups excluding carboxylic acids is 2. The van der Waals surface area contributed by atoms with E-state index >= 15 is 0 Å². The molecule has 6 heteroatoms. The summed E-state index contributed by atoms with van der Waals surface area (Å²) in [5, 5.41) is 4.01. The quantitative estimate of drug-likeness (QED) is 0.668. The highest BCUT2D eigenvalue weighted by Gasteiger charge is 2.27. The van der Waals surface area contributed by atoms with Gasteiger partial charge in [0, 0.05) is 25.1 Å². The minimum absolute atomic E-state index is 0.00972. The average molecular weight is 431 g/mol. The van der Waals surface area contributed by atoms with Gasteiger partial charge in [-0.2, -0.15) is 0 Å². The number of benzene rings is 2. The van der Waals surface area contributed by atoms with Gasteiger partial charge >= 0.3 is 0 Å². The molecule has 1 fully saturated rings. The Morgan fingerprint density at radius 2 is 1.76 bits per heavy atom. The van der Waals surface area contributed by atoms with Gasteiger partial charge in [0.25, 0.3) is 0 Å². The summed E-state index contributed by atoms with van der Waals surface area (Å²) in [7, 11) is 0. The van der Waals surface area contributed by atoms with Gasteiger partial charge in [0.1, 0.15) is 0 Å². The summed E-state index contributed by atoms with van der Waals surface area (Å²) in [6, 6.07) is 14.9. The predicted octanol–water partition coefficient (Wildman–Crippen LogP) is 5.12. The van der Waals surface area contributed by atoms with Crippen molar-refractivity contribution in [1.29, 1.82) is 0 Å². The van der Waals surface area contributed by atoms with Crippen molar-refractivity contribution >= 4 is 41.1 Å². The van der Waals surface area contributed by atoms with Crippen molar-refractivity contribution in [3.8, 4) is 0 Å². The number of carbonyl (C=O) groups is 2. The Labute approximate surface area is 181 Å². The van der Waals surface area contributed by atoms with Crippen molar-refractivity contribution in [2.75, 3.05) is 13.1 Å². The van der Waals surface area contributed by atoms with Crippen LogP contribution in [0.2, 0.25) is 10.0 Å². The van der Waals surface area contributed by atoms with Crippen LogP contribution < -0.4 is 5.32 Å². The van der Waals surface area contributed by atoms with E-state index in [1.807, 2.05) is 49.4 Å². The third-order valence-corrected chi connectivity index (χ3v) is 5.94. The van der Waals surface area contributed by atoms with Gasteiger partial charge in [-0.1, -0.05) is 59.6 Å². The number of nitrogens with zero attached hydrogens (tertiary/aromatic N) is 1. The number of amides is 2. The molecule has 0 aromatic heterocycles. The van der Waals surface area contributed by atoms with E-state index in [9.17, 15) is 9.59 Å². The van der Waals surface area contributed by atoms with Crippen molar-refractivity contribution in [3.05, 3.63) is 75.8 Å². The van der Waals surface area contributed by atoms with E-state index in [1.54, 1.807) is 23.1 Å². The number of likely N-dealkylation sites (tertiary alicyclic amines) is 1. The second-order valence-electron chi connectivity index (χ2n) is 7.25. The number of halogens is 2. The first-order valence-electron chi connectivity index (χ1n) is 9.71. The van der Waals surface area contributed by atoms with Gasteiger partial charge in [-0.3, -0.25) is 9.59 Å². The normalized spacial score (nSPS) is 16.0. The summed E-state index contributed by atoms with van der Waals surface area (Å²) < 4.78 is 0. The molecule has 2 aromatic carbocycles. The van der Waals surface area contributed by atoms with Gasteiger partial charge in [0.2, 0.25) is 11.8 Å². The Morgan fingerprint density at radius 3 is 2.41 bits per heavy atom. The Balaban J connectivity index is 1.49. The van der Waals surface area contributed by atoms with E-state index in [-0.39, 0.29) is 23.8 Å². The summed E-state index contributed by atoms with van der Waals surface area (Å²) in [5.74, 6) is -0.102. The fourth-order valence-electron chi connectivity index (χ4n) is 3.40. The lowest BCUT2D eigenvalue weighted by atomic mass is 9.95. The van der Waals surface area contributed by atoms with Crippen LogP contribution in [0.1, 0.15) is 36.9 Å². The molecule has 152 valence electrons. The lowest BCUT2D eigenvalue weighted by molar-refractivity contribution is -0.132. The molecule has 1 heterocycles. The van der Waals surface area contributed by atoms with Crippen molar-refractivity contribution in [2.24, 2.45) is 5.92 Å². The highest BCUT2D eigenvalue weighted by atomic mass is 35.5. The van der Waals surface area contributed by atoms with Crippen LogP contribution in [0.5, 0.6) is 0 Å². The third-order valence-electron chi connectivity index (χ3n) is 5.20. The Kier molecular flexibility index (Phi) is 7.34. The summed E-state index contributed by atoms with van der Waals surface area (Å²) in [6.07, 6.45) is 4.73. The zero-order valence-corrected chi connectivity index (χ0v) is 17.8. The molecule has 0 saturated carbocycles. The highest BCUT2D eigenvalue weighted by molar-refractivity contribution is 6.42. The number of piperidine rings is 1. The zero-order valence-electron chi connectivity index (χ0n) is 16.3. The van der Waals surface area contributed by atoms with E-state index in [2.05, 4.69) is 5.32 Å². The first kappa shape index (κ1) is 21.4. The lowest BCUT2D eigenvalue weighted by Crippen LogP contribution is -2.43. The van der Waals surface area contributed by atoms with Crippen molar-refractivity contribution in [3.63, 3.8) is 0 Å². The van der Waals surface area contributed by atoms with E-state index in [4.69, 9.17) is 23.2 Å². The van der Waals surface area contributed by atoms with Gasteiger partial charge in [-0.05, 0) is 49.1 Å². The number of rotatable bonds is 5. The van der Waals surface area contributed by atoms with Gasteiger partial charge < -0.3 is 10.2 Å². The topological polar surface area (TPSA) is 49.4 Å². The fraction of sp³-hybridized carbons (Fsp3) is 0.304. The number of nitrogens with one attached hydrogen (secondary N) is 1. The molecule has 1 N–H and O–H groups in total. The van der Waals surface area contributed by atoms with Crippen LogP contribution >= 0.6 is 23.2 Å². The monoisotopic (exact) mass is 430 g/mol. The molecule has 0 radical (unpaired) electrons. The molecule has 2 aromatic rings. The van der Waals surface area contributed by atoms with Crippen LogP contribution in [0, 0.1) is 5.92 Å². The molecule has 1 atom stereocenters. The van der Waals surface area contributed by atoms with Gasteiger partial charge in [0.05, 0.1) is 16.1 Å². The van der Waals surface area contributed by atoms with Crippen LogP contribution in [0.15, 0.2) is 54.6 Å². The Morgan fingerprint density at radius 1 is 1.07 bits per heavy atom. The summed E-state index contributed by atoms with van der Waals surface area (Å²) >= 11 is 12.0. The Hall–Kier alpha value is -2.30. The van der Waals surface area contributed by atoms with E-state index in [0.717, 1.165) is 11.1 Å². The van der Waals surface area contributed by atoms with Gasteiger partial charge in [0.15, 0.2) is 0 Å². The smallest absolute Gasteiger partial charge is 0.246 e. The lowest BCUT2D eigenvalue weighted by Gasteiger charge is -2.31. The van der Waals surface area contributed by atoms with Crippen LogP contribution in [-0.4, -0.2) is 29.8 Å². The fourth-order valence-corrected chi connectivity index (χ4v) is 3.70. The highest BCUT2D eigenvalue weighted by Crippen LogP contribution is 2.26. The SMILES string of the molecule is C[C@@H](NC(=O)C1CCN(C(=O)/C=C/c2ccccc2)CC1)c1ccc(Cl)c(Cl)c1. The van der Waals surface area contributed by atoms with E-state index in [0.29, 0.717) is 36.0 Å². The molecule has 0 unspecified atom stereocenters. The molecule has 0 bridgehead atoms. The summed E-state index contributed by atoms with van der Waals surface area (Å²) in [6.45, 7) is 3.08. The molecule has 2 amide bonds. The molecule has 0 aliphatic carbocycles. The summed E-state index contributed by atoms with van der Waals surface area (Å²) in [5.41, 5.74) is 1.90. The number of hydrogen-bond donors (Lipinski definition) is 1. The molecule has 0 spiro atoms. The molecule has 29 heavy (non-hydrogen) atoms. The molecule has 1 aliphatic heterocycles. The average Bonchev–Trinajstić information content (AvgIpc) is 2.74. The van der Waals surface area contributed by atoms with Gasteiger partial charge in [-0.15, -0.1) is 0 Å². The molecular weight excluding hydrogens is 407 g/mol. The standard InChI is InChI=1S/C23H24Cl2N2O2/c1-16(19-8-9-20(24)21(25)15-19)26-23(29)18-11-13-27(14-12-18)22(28)10-7-17-5-3-2-4-6-17/h2-10,15-16,18H,11-14H2,1H3,(H,26,29)/b10-7+/t16-/m1/s1. The van der Waals surface area contributed by atoms with E-state index < -0.39 is 0 Å². The third kappa shape index (κ3) is 5.84.